The number of rotatable bonds is 1. The Morgan fingerprint density at radius 2 is 2.11 bits per heavy atom. The van der Waals surface area contributed by atoms with Gasteiger partial charge in [0.05, 0.1) is 4.48 Å². The second-order valence-electron chi connectivity index (χ2n) is 4.45. The summed E-state index contributed by atoms with van der Waals surface area (Å²) in [7, 11) is -2.13. The highest BCUT2D eigenvalue weighted by Crippen LogP contribution is 2.74. The Labute approximate surface area is 126 Å². The summed E-state index contributed by atoms with van der Waals surface area (Å²) in [6.45, 7) is 4.19. The quantitative estimate of drug-likeness (QED) is 0.735. The van der Waals surface area contributed by atoms with E-state index in [9.17, 15) is 0 Å². The molecule has 1 spiro atoms. The van der Waals surface area contributed by atoms with Crippen LogP contribution in [0.3, 0.4) is 0 Å². The molecule has 18 heavy (non-hydrogen) atoms. The van der Waals surface area contributed by atoms with Gasteiger partial charge < -0.3 is 17.0 Å². The zero-order valence-electron chi connectivity index (χ0n) is 10.1. The molecule has 2 atom stereocenters. The third-order valence-corrected chi connectivity index (χ3v) is 6.91. The van der Waals surface area contributed by atoms with E-state index in [0.29, 0.717) is 0 Å². The Morgan fingerprint density at radius 1 is 1.39 bits per heavy atom. The summed E-state index contributed by atoms with van der Waals surface area (Å²) in [6, 6.07) is 7.93. The van der Waals surface area contributed by atoms with Gasteiger partial charge >= 0.3 is 7.87 Å². The third-order valence-electron chi connectivity index (χ3n) is 3.20. The van der Waals surface area contributed by atoms with Crippen molar-refractivity contribution >= 4 is 29.5 Å². The largest absolute Gasteiger partial charge is 1.00 e. The molecule has 0 saturated heterocycles. The van der Waals surface area contributed by atoms with Crippen molar-refractivity contribution in [1.82, 2.24) is 0 Å². The first-order valence-corrected chi connectivity index (χ1v) is 8.11. The van der Waals surface area contributed by atoms with Gasteiger partial charge in [-0.3, -0.25) is 4.52 Å². The van der Waals surface area contributed by atoms with Gasteiger partial charge in [0, 0.05) is 0 Å². The zero-order valence-corrected chi connectivity index (χ0v) is 14.2. The summed E-state index contributed by atoms with van der Waals surface area (Å²) in [4.78, 5) is 0. The number of fused-ring (bicyclic) bond motifs is 1. The number of anilines is 1. The van der Waals surface area contributed by atoms with Crippen molar-refractivity contribution in [2.24, 2.45) is 0 Å². The number of para-hydroxylation sites is 2. The van der Waals surface area contributed by atoms with Crippen molar-refractivity contribution < 1.29 is 26.0 Å². The van der Waals surface area contributed by atoms with Crippen LogP contribution in [0, 0.1) is 0 Å². The van der Waals surface area contributed by atoms with Crippen molar-refractivity contribution in [2.45, 2.75) is 25.9 Å². The van der Waals surface area contributed by atoms with E-state index >= 15 is 0 Å². The number of hydrogen-bond donors (Lipinski definition) is 1. The molecular formula is C12H14Br2NO2P. The highest BCUT2D eigenvalue weighted by Gasteiger charge is 2.60. The van der Waals surface area contributed by atoms with E-state index in [-0.39, 0.29) is 22.6 Å². The topological polar surface area (TPSA) is 30.5 Å². The lowest BCUT2D eigenvalue weighted by molar-refractivity contribution is -0.00000753. The first-order chi connectivity index (χ1) is 8.07. The monoisotopic (exact) mass is 393 g/mol. The Hall–Kier alpha value is -0.0900. The SMILES string of the molecule is CCC1(C)O[P+]2(C=C1Br)Nc1ccccc1O2.[Br-]. The zero-order chi connectivity index (χ0) is 12.1. The predicted molar refractivity (Wildman–Crippen MR) is 74.4 cm³/mol. The van der Waals surface area contributed by atoms with E-state index in [1.165, 1.54) is 0 Å². The molecule has 0 fully saturated rings. The minimum atomic E-state index is -2.13. The van der Waals surface area contributed by atoms with Crippen LogP contribution in [-0.2, 0) is 4.52 Å². The fourth-order valence-corrected chi connectivity index (χ4v) is 5.93. The van der Waals surface area contributed by atoms with Crippen molar-refractivity contribution in [3.05, 3.63) is 34.6 Å². The van der Waals surface area contributed by atoms with E-state index in [1.807, 2.05) is 24.3 Å². The molecule has 0 radical (unpaired) electrons. The second kappa shape index (κ2) is 4.78. The van der Waals surface area contributed by atoms with Crippen LogP contribution in [0.4, 0.5) is 5.69 Å². The maximum Gasteiger partial charge on any atom is 0.446 e. The Morgan fingerprint density at radius 3 is 2.72 bits per heavy atom. The van der Waals surface area contributed by atoms with Crippen LogP contribution in [0.15, 0.2) is 34.6 Å². The molecular weight excluding hydrogens is 381 g/mol. The molecule has 2 unspecified atom stereocenters. The summed E-state index contributed by atoms with van der Waals surface area (Å²) in [5.74, 6) is 2.94. The van der Waals surface area contributed by atoms with Crippen molar-refractivity contribution in [3.63, 3.8) is 0 Å². The maximum absolute atomic E-state index is 6.18. The van der Waals surface area contributed by atoms with Gasteiger partial charge in [-0.1, -0.05) is 19.1 Å². The first kappa shape index (κ1) is 14.3. The van der Waals surface area contributed by atoms with Crippen LogP contribution >= 0.6 is 23.8 Å². The van der Waals surface area contributed by atoms with Crippen LogP contribution in [-0.4, -0.2) is 5.60 Å². The minimum Gasteiger partial charge on any atom is -1.00 e. The summed E-state index contributed by atoms with van der Waals surface area (Å²) >= 11 is 3.59. The van der Waals surface area contributed by atoms with Crippen LogP contribution < -0.4 is 26.6 Å². The fourth-order valence-electron chi connectivity index (χ4n) is 1.96. The molecule has 0 aromatic heterocycles. The molecule has 3 rings (SSSR count). The Bertz CT molecular complexity index is 484. The number of benzene rings is 1. The first-order valence-electron chi connectivity index (χ1n) is 5.62. The van der Waals surface area contributed by atoms with Gasteiger partial charge in [0.15, 0.2) is 11.4 Å². The molecule has 1 aromatic rings. The van der Waals surface area contributed by atoms with Gasteiger partial charge in [-0.2, -0.15) is 9.61 Å². The molecule has 2 heterocycles. The van der Waals surface area contributed by atoms with E-state index in [2.05, 4.69) is 40.7 Å². The summed E-state index contributed by atoms with van der Waals surface area (Å²) < 4.78 is 13.2. The van der Waals surface area contributed by atoms with Gasteiger partial charge in [0.1, 0.15) is 5.69 Å². The smallest absolute Gasteiger partial charge is 0.446 e. The number of hydrogen-bond acceptors (Lipinski definition) is 3. The molecule has 1 aromatic carbocycles. The molecule has 2 aliphatic heterocycles. The van der Waals surface area contributed by atoms with Gasteiger partial charge in [0.25, 0.3) is 0 Å². The molecule has 98 valence electrons. The number of halogens is 2. The van der Waals surface area contributed by atoms with Crippen LogP contribution in [0.25, 0.3) is 0 Å². The van der Waals surface area contributed by atoms with Crippen LogP contribution in [0.5, 0.6) is 5.75 Å². The molecule has 3 nitrogen and oxygen atoms in total. The maximum atomic E-state index is 6.18. The molecule has 2 aliphatic rings. The van der Waals surface area contributed by atoms with Crippen LogP contribution in [0.1, 0.15) is 20.3 Å². The lowest BCUT2D eigenvalue weighted by Gasteiger charge is -2.20. The lowest BCUT2D eigenvalue weighted by atomic mass is 10.1. The standard InChI is InChI=1S/C12H14BrNO2P.BrH/c1-3-12(2)11(13)8-17(16-12)14-9-6-4-5-7-10(9)15-17;/h4-8,14H,3H2,1-2H3;1H/q+1;/p-1. The molecule has 1 N–H and O–H groups in total. The minimum absolute atomic E-state index is 0. The summed E-state index contributed by atoms with van der Waals surface area (Å²) in [5, 5.41) is 3.39. The van der Waals surface area contributed by atoms with E-state index in [1.54, 1.807) is 0 Å². The normalized spacial score (nSPS) is 32.3. The average molecular weight is 395 g/mol. The van der Waals surface area contributed by atoms with Gasteiger partial charge in [-0.15, -0.1) is 0 Å². The predicted octanol–water partition coefficient (Wildman–Crippen LogP) is 1.69. The van der Waals surface area contributed by atoms with Crippen molar-refractivity contribution in [3.8, 4) is 5.75 Å². The van der Waals surface area contributed by atoms with Crippen LogP contribution in [0.2, 0.25) is 0 Å². The van der Waals surface area contributed by atoms with E-state index in [0.717, 1.165) is 22.3 Å². The molecule has 0 amide bonds. The van der Waals surface area contributed by atoms with Crippen molar-refractivity contribution in [1.29, 1.82) is 0 Å². The Kier molecular flexibility index (Phi) is 3.81. The van der Waals surface area contributed by atoms with E-state index < -0.39 is 7.87 Å². The highest BCUT2D eigenvalue weighted by atomic mass is 79.9. The van der Waals surface area contributed by atoms with Gasteiger partial charge in [0.2, 0.25) is 5.75 Å². The molecule has 0 bridgehead atoms. The highest BCUT2D eigenvalue weighted by molar-refractivity contribution is 9.11. The summed E-state index contributed by atoms with van der Waals surface area (Å²) in [5.41, 5.74) is 0.737. The molecule has 0 aliphatic carbocycles. The lowest BCUT2D eigenvalue weighted by Crippen LogP contribution is -3.00. The van der Waals surface area contributed by atoms with E-state index in [4.69, 9.17) is 9.05 Å². The number of nitrogens with one attached hydrogen (secondary N) is 1. The van der Waals surface area contributed by atoms with Gasteiger partial charge in [-0.05, 0) is 41.4 Å². The van der Waals surface area contributed by atoms with Gasteiger partial charge in [-0.25, -0.2) is 0 Å². The second-order valence-corrected chi connectivity index (χ2v) is 7.34. The summed E-state index contributed by atoms with van der Waals surface area (Å²) in [6.07, 6.45) is 0.910. The third kappa shape index (κ3) is 2.11. The fraction of sp³-hybridized carbons (Fsp3) is 0.333. The molecule has 6 heteroatoms. The average Bonchev–Trinajstić information content (AvgIpc) is 2.76. The Balaban J connectivity index is 0.00000120. The molecule has 0 saturated carbocycles. The van der Waals surface area contributed by atoms with Crippen molar-refractivity contribution in [2.75, 3.05) is 5.09 Å².